The molecule has 0 aliphatic heterocycles. The quantitative estimate of drug-likeness (QED) is 0.656. The zero-order valence-electron chi connectivity index (χ0n) is 10.4. The number of hydrogen-bond acceptors (Lipinski definition) is 4. The lowest BCUT2D eigenvalue weighted by Crippen LogP contribution is -2.09. The standard InChI is InChI=1S/C13H15N3OS/c1-8-3-4-10(9(2)5-8)7-18-13-15-11(14)6-12(17)16-13/h3-6H,7H2,1-2H3,(H3,14,15,16,17). The Morgan fingerprint density at radius 1 is 1.33 bits per heavy atom. The van der Waals surface area contributed by atoms with Crippen molar-refractivity contribution in [1.82, 2.24) is 9.97 Å². The van der Waals surface area contributed by atoms with Crippen molar-refractivity contribution in [3.05, 3.63) is 51.3 Å². The van der Waals surface area contributed by atoms with Crippen LogP contribution in [-0.4, -0.2) is 9.97 Å². The van der Waals surface area contributed by atoms with Crippen molar-refractivity contribution in [2.24, 2.45) is 0 Å². The predicted molar refractivity (Wildman–Crippen MR) is 74.7 cm³/mol. The maximum atomic E-state index is 11.2. The van der Waals surface area contributed by atoms with Crippen LogP contribution in [0, 0.1) is 13.8 Å². The SMILES string of the molecule is Cc1ccc(CSc2nc(N)cc(=O)[nH]2)c(C)c1. The van der Waals surface area contributed by atoms with E-state index in [0.717, 1.165) is 5.75 Å². The number of nitrogens with one attached hydrogen (secondary N) is 1. The number of thioether (sulfide) groups is 1. The minimum absolute atomic E-state index is 0.217. The van der Waals surface area contributed by atoms with E-state index in [1.54, 1.807) is 0 Å². The van der Waals surface area contributed by atoms with Gasteiger partial charge in [0.1, 0.15) is 5.82 Å². The lowest BCUT2D eigenvalue weighted by Gasteiger charge is -2.06. The molecule has 0 aliphatic rings. The second-order valence-corrected chi connectivity index (χ2v) is 5.16. The largest absolute Gasteiger partial charge is 0.383 e. The van der Waals surface area contributed by atoms with Gasteiger partial charge in [-0.2, -0.15) is 0 Å². The van der Waals surface area contributed by atoms with Gasteiger partial charge in [0.2, 0.25) is 0 Å². The molecule has 0 bridgehead atoms. The number of aromatic amines is 1. The Kier molecular flexibility index (Phi) is 3.72. The first kappa shape index (κ1) is 12.7. The number of nitrogens with two attached hydrogens (primary N) is 1. The summed E-state index contributed by atoms with van der Waals surface area (Å²) in [6, 6.07) is 7.60. The van der Waals surface area contributed by atoms with E-state index >= 15 is 0 Å². The van der Waals surface area contributed by atoms with Crippen LogP contribution in [0.25, 0.3) is 0 Å². The highest BCUT2D eigenvalue weighted by atomic mass is 32.2. The number of aryl methyl sites for hydroxylation is 2. The van der Waals surface area contributed by atoms with Gasteiger partial charge in [0.05, 0.1) is 0 Å². The molecule has 0 spiro atoms. The summed E-state index contributed by atoms with van der Waals surface area (Å²) in [7, 11) is 0. The van der Waals surface area contributed by atoms with Gasteiger partial charge in [0.25, 0.3) is 5.56 Å². The molecule has 0 radical (unpaired) electrons. The number of nitrogens with zero attached hydrogens (tertiary/aromatic N) is 1. The molecule has 0 amide bonds. The summed E-state index contributed by atoms with van der Waals surface area (Å²) in [6.07, 6.45) is 0. The fourth-order valence-electron chi connectivity index (χ4n) is 1.68. The third kappa shape index (κ3) is 3.13. The number of rotatable bonds is 3. The summed E-state index contributed by atoms with van der Waals surface area (Å²) >= 11 is 1.48. The Bertz CT molecular complexity index is 622. The Morgan fingerprint density at radius 2 is 2.11 bits per heavy atom. The Morgan fingerprint density at radius 3 is 2.78 bits per heavy atom. The van der Waals surface area contributed by atoms with E-state index in [0.29, 0.717) is 5.16 Å². The molecule has 3 N–H and O–H groups in total. The first-order chi connectivity index (χ1) is 8.54. The molecule has 4 nitrogen and oxygen atoms in total. The van der Waals surface area contributed by atoms with E-state index in [9.17, 15) is 4.79 Å². The first-order valence-corrected chi connectivity index (χ1v) is 6.59. The number of hydrogen-bond donors (Lipinski definition) is 2. The lowest BCUT2D eigenvalue weighted by molar-refractivity contribution is 0.944. The minimum atomic E-state index is -0.217. The Balaban J connectivity index is 2.13. The van der Waals surface area contributed by atoms with E-state index in [2.05, 4.69) is 42.0 Å². The van der Waals surface area contributed by atoms with Crippen LogP contribution in [0.4, 0.5) is 5.82 Å². The summed E-state index contributed by atoms with van der Waals surface area (Å²) in [6.45, 7) is 4.15. The van der Waals surface area contributed by atoms with Gasteiger partial charge in [-0.15, -0.1) is 0 Å². The maximum absolute atomic E-state index is 11.2. The normalized spacial score (nSPS) is 10.6. The van der Waals surface area contributed by atoms with Crippen LogP contribution < -0.4 is 11.3 Å². The fraction of sp³-hybridized carbons (Fsp3) is 0.231. The molecule has 0 unspecified atom stereocenters. The van der Waals surface area contributed by atoms with E-state index in [1.165, 1.54) is 34.5 Å². The molecule has 0 fully saturated rings. The molecule has 0 saturated carbocycles. The maximum Gasteiger partial charge on any atom is 0.253 e. The molecule has 0 aliphatic carbocycles. The number of anilines is 1. The van der Waals surface area contributed by atoms with Gasteiger partial charge < -0.3 is 10.7 Å². The average molecular weight is 261 g/mol. The summed E-state index contributed by atoms with van der Waals surface area (Å²) in [4.78, 5) is 18.0. The third-order valence-corrected chi connectivity index (χ3v) is 3.52. The molecule has 0 atom stereocenters. The summed E-state index contributed by atoms with van der Waals surface area (Å²) in [5.74, 6) is 1.01. The Hall–Kier alpha value is -1.75. The number of aromatic nitrogens is 2. The van der Waals surface area contributed by atoms with E-state index in [4.69, 9.17) is 5.73 Å². The van der Waals surface area contributed by atoms with Gasteiger partial charge in [-0.05, 0) is 25.0 Å². The smallest absolute Gasteiger partial charge is 0.253 e. The van der Waals surface area contributed by atoms with Gasteiger partial charge >= 0.3 is 0 Å². The molecule has 2 rings (SSSR count). The van der Waals surface area contributed by atoms with Crippen molar-refractivity contribution < 1.29 is 0 Å². The molecule has 2 aromatic rings. The molecule has 1 heterocycles. The van der Waals surface area contributed by atoms with Crippen LogP contribution in [0.15, 0.2) is 34.2 Å². The topological polar surface area (TPSA) is 71.8 Å². The second-order valence-electron chi connectivity index (χ2n) is 4.19. The van der Waals surface area contributed by atoms with Gasteiger partial charge in [0.15, 0.2) is 5.16 Å². The summed E-state index contributed by atoms with van der Waals surface area (Å²) in [5.41, 5.74) is 9.04. The predicted octanol–water partition coefficient (Wildman–Crippen LogP) is 2.26. The van der Waals surface area contributed by atoms with Crippen LogP contribution >= 0.6 is 11.8 Å². The van der Waals surface area contributed by atoms with Crippen molar-refractivity contribution >= 4 is 17.6 Å². The molecule has 0 saturated heterocycles. The molecular formula is C13H15N3OS. The van der Waals surface area contributed by atoms with Gasteiger partial charge in [-0.25, -0.2) is 4.98 Å². The number of H-pyrrole nitrogens is 1. The van der Waals surface area contributed by atoms with Gasteiger partial charge in [-0.1, -0.05) is 35.5 Å². The van der Waals surface area contributed by atoms with Crippen molar-refractivity contribution in [3.8, 4) is 0 Å². The second kappa shape index (κ2) is 5.27. The fourth-order valence-corrected chi connectivity index (χ4v) is 2.63. The molecular weight excluding hydrogens is 246 g/mol. The van der Waals surface area contributed by atoms with Crippen molar-refractivity contribution in [2.75, 3.05) is 5.73 Å². The van der Waals surface area contributed by atoms with E-state index in [-0.39, 0.29) is 11.4 Å². The highest BCUT2D eigenvalue weighted by Crippen LogP contribution is 2.21. The van der Waals surface area contributed by atoms with Crippen molar-refractivity contribution in [2.45, 2.75) is 24.8 Å². The number of nitrogen functional groups attached to an aromatic ring is 1. The zero-order chi connectivity index (χ0) is 13.1. The Labute approximate surface area is 110 Å². The highest BCUT2D eigenvalue weighted by Gasteiger charge is 2.03. The van der Waals surface area contributed by atoms with Crippen molar-refractivity contribution in [3.63, 3.8) is 0 Å². The highest BCUT2D eigenvalue weighted by molar-refractivity contribution is 7.98. The van der Waals surface area contributed by atoms with Crippen molar-refractivity contribution in [1.29, 1.82) is 0 Å². The molecule has 18 heavy (non-hydrogen) atoms. The zero-order valence-corrected chi connectivity index (χ0v) is 11.2. The third-order valence-electron chi connectivity index (χ3n) is 2.60. The van der Waals surface area contributed by atoms with Crippen LogP contribution in [0.5, 0.6) is 0 Å². The van der Waals surface area contributed by atoms with Crippen LogP contribution in [0.2, 0.25) is 0 Å². The van der Waals surface area contributed by atoms with Gasteiger partial charge in [-0.3, -0.25) is 4.79 Å². The molecule has 1 aromatic carbocycles. The minimum Gasteiger partial charge on any atom is -0.383 e. The van der Waals surface area contributed by atoms with Crippen LogP contribution in [0.1, 0.15) is 16.7 Å². The first-order valence-electron chi connectivity index (χ1n) is 5.60. The monoisotopic (exact) mass is 261 g/mol. The molecule has 1 aromatic heterocycles. The van der Waals surface area contributed by atoms with E-state index < -0.39 is 0 Å². The van der Waals surface area contributed by atoms with Crippen LogP contribution in [0.3, 0.4) is 0 Å². The summed E-state index contributed by atoms with van der Waals surface area (Å²) < 4.78 is 0. The summed E-state index contributed by atoms with van der Waals surface area (Å²) in [5, 5.41) is 0.556. The van der Waals surface area contributed by atoms with Crippen LogP contribution in [-0.2, 0) is 5.75 Å². The average Bonchev–Trinajstić information content (AvgIpc) is 2.26. The number of benzene rings is 1. The lowest BCUT2D eigenvalue weighted by atomic mass is 10.1. The van der Waals surface area contributed by atoms with E-state index in [1.807, 2.05) is 0 Å². The van der Waals surface area contributed by atoms with Gasteiger partial charge in [0, 0.05) is 11.8 Å². The molecule has 5 heteroatoms. The molecule has 94 valence electrons.